The van der Waals surface area contributed by atoms with Gasteiger partial charge in [-0.05, 0) is 36.1 Å². The van der Waals surface area contributed by atoms with Crippen LogP contribution in [0.2, 0.25) is 0 Å². The van der Waals surface area contributed by atoms with Crippen molar-refractivity contribution in [1.82, 2.24) is 18.7 Å². The van der Waals surface area contributed by atoms with Crippen LogP contribution in [-0.4, -0.2) is 25.2 Å². The molecule has 3 heterocycles. The fourth-order valence-electron chi connectivity index (χ4n) is 3.87. The summed E-state index contributed by atoms with van der Waals surface area (Å²) in [5, 5.41) is 0. The van der Waals surface area contributed by atoms with Crippen molar-refractivity contribution < 1.29 is 4.39 Å². The molecule has 1 unspecified atom stereocenters. The highest BCUT2D eigenvalue weighted by atomic mass is 19.1. The Kier molecular flexibility index (Phi) is 4.36. The van der Waals surface area contributed by atoms with E-state index in [4.69, 9.17) is 0 Å². The van der Waals surface area contributed by atoms with Gasteiger partial charge in [0.1, 0.15) is 5.82 Å². The molecule has 8 heteroatoms. The minimum Gasteiger partial charge on any atom is -0.312 e. The Hall–Kier alpha value is -2.90. The first kappa shape index (κ1) is 18.5. The Balaban J connectivity index is 1.99. The number of aryl methyl sites for hydroxylation is 1. The summed E-state index contributed by atoms with van der Waals surface area (Å²) in [6.45, 7) is 7.74. The van der Waals surface area contributed by atoms with E-state index < -0.39 is 0 Å². The van der Waals surface area contributed by atoms with Crippen molar-refractivity contribution in [3.8, 4) is 0 Å². The maximum absolute atomic E-state index is 13.4. The van der Waals surface area contributed by atoms with Gasteiger partial charge < -0.3 is 9.47 Å². The molecule has 0 N–H and O–H groups in total. The van der Waals surface area contributed by atoms with Crippen molar-refractivity contribution in [3.63, 3.8) is 0 Å². The number of hydrogen-bond donors (Lipinski definition) is 0. The molecule has 0 amide bonds. The zero-order valence-corrected chi connectivity index (χ0v) is 16.5. The Morgan fingerprint density at radius 3 is 2.50 bits per heavy atom. The van der Waals surface area contributed by atoms with Crippen LogP contribution in [0.15, 0.2) is 33.9 Å². The Morgan fingerprint density at radius 2 is 1.86 bits per heavy atom. The summed E-state index contributed by atoms with van der Waals surface area (Å²) in [4.78, 5) is 32.5. The van der Waals surface area contributed by atoms with Crippen LogP contribution in [0.3, 0.4) is 0 Å². The molecule has 0 saturated heterocycles. The van der Waals surface area contributed by atoms with Crippen molar-refractivity contribution in [2.75, 3.05) is 11.4 Å². The minimum atomic E-state index is -0.358. The molecule has 28 heavy (non-hydrogen) atoms. The largest absolute Gasteiger partial charge is 0.332 e. The lowest BCUT2D eigenvalue weighted by Gasteiger charge is -2.32. The van der Waals surface area contributed by atoms with Gasteiger partial charge in [0.15, 0.2) is 11.2 Å². The zero-order chi connectivity index (χ0) is 20.2. The molecule has 1 atom stereocenters. The summed E-state index contributed by atoms with van der Waals surface area (Å²) in [5.41, 5.74) is 0.960. The summed E-state index contributed by atoms with van der Waals surface area (Å²) in [6.07, 6.45) is 0. The van der Waals surface area contributed by atoms with Crippen LogP contribution in [0.1, 0.15) is 20.8 Å². The van der Waals surface area contributed by atoms with Crippen LogP contribution in [-0.2, 0) is 20.1 Å². The third-order valence-corrected chi connectivity index (χ3v) is 5.13. The van der Waals surface area contributed by atoms with E-state index in [9.17, 15) is 14.0 Å². The maximum Gasteiger partial charge on any atom is 0.332 e. The molecule has 148 valence electrons. The number of rotatable bonds is 3. The molecule has 0 spiro atoms. The monoisotopic (exact) mass is 385 g/mol. The second-order valence-corrected chi connectivity index (χ2v) is 8.04. The van der Waals surface area contributed by atoms with Crippen LogP contribution in [0.4, 0.5) is 16.0 Å². The topological polar surface area (TPSA) is 65.1 Å². The number of aromatic nitrogens is 4. The van der Waals surface area contributed by atoms with Gasteiger partial charge in [-0.1, -0.05) is 20.8 Å². The summed E-state index contributed by atoms with van der Waals surface area (Å²) in [7, 11) is 1.64. The molecule has 4 rings (SSSR count). The lowest BCUT2D eigenvalue weighted by molar-refractivity contribution is 0.454. The van der Waals surface area contributed by atoms with Gasteiger partial charge in [-0.25, -0.2) is 9.18 Å². The predicted octanol–water partition coefficient (Wildman–Crippen LogP) is 2.48. The fraction of sp³-hybridized carbons (Fsp3) is 0.450. The summed E-state index contributed by atoms with van der Waals surface area (Å²) < 4.78 is 18.0. The van der Waals surface area contributed by atoms with E-state index in [0.29, 0.717) is 36.7 Å². The van der Waals surface area contributed by atoms with Crippen LogP contribution in [0, 0.1) is 17.7 Å². The minimum absolute atomic E-state index is 0.168. The van der Waals surface area contributed by atoms with Crippen molar-refractivity contribution in [3.05, 3.63) is 50.9 Å². The Bertz CT molecular complexity index is 1160. The third kappa shape index (κ3) is 2.83. The number of imidazole rings is 1. The SMILES string of the molecule is CC(C)Cn1c(=O)c2c(nc3n2CC(C)CN3c2ccc(F)cc2)n(C)c1=O. The van der Waals surface area contributed by atoms with E-state index in [1.807, 2.05) is 23.3 Å². The van der Waals surface area contributed by atoms with Gasteiger partial charge in [0, 0.05) is 32.4 Å². The molecule has 1 aromatic carbocycles. The first-order valence-corrected chi connectivity index (χ1v) is 9.51. The summed E-state index contributed by atoms with van der Waals surface area (Å²) in [6, 6.07) is 6.22. The average molecular weight is 385 g/mol. The second kappa shape index (κ2) is 6.61. The highest BCUT2D eigenvalue weighted by Crippen LogP contribution is 2.32. The van der Waals surface area contributed by atoms with Gasteiger partial charge in [-0.15, -0.1) is 0 Å². The number of fused-ring (bicyclic) bond motifs is 3. The number of halogens is 1. The van der Waals surface area contributed by atoms with E-state index in [-0.39, 0.29) is 28.9 Å². The quantitative estimate of drug-likeness (QED) is 0.695. The number of nitrogens with zero attached hydrogens (tertiary/aromatic N) is 5. The molecule has 0 bridgehead atoms. The van der Waals surface area contributed by atoms with E-state index in [2.05, 4.69) is 11.9 Å². The molecule has 1 aliphatic heterocycles. The van der Waals surface area contributed by atoms with Gasteiger partial charge >= 0.3 is 5.69 Å². The standard InChI is InChI=1S/C20H24FN5O2/c1-12(2)9-26-18(27)16-17(23(4)20(26)28)22-19-24(10-13(3)11-25(16)19)15-7-5-14(21)6-8-15/h5-8,12-13H,9-11H2,1-4H3. The van der Waals surface area contributed by atoms with Gasteiger partial charge in [0.2, 0.25) is 5.95 Å². The second-order valence-electron chi connectivity index (χ2n) is 8.04. The predicted molar refractivity (Wildman–Crippen MR) is 107 cm³/mol. The molecule has 3 aromatic rings. The summed E-state index contributed by atoms with van der Waals surface area (Å²) >= 11 is 0. The van der Waals surface area contributed by atoms with Crippen molar-refractivity contribution in [1.29, 1.82) is 0 Å². The number of benzene rings is 1. The molecule has 0 saturated carbocycles. The van der Waals surface area contributed by atoms with Gasteiger partial charge in [-0.3, -0.25) is 13.9 Å². The lowest BCUT2D eigenvalue weighted by atomic mass is 10.1. The molecular formula is C20H24FN5O2. The van der Waals surface area contributed by atoms with E-state index in [1.165, 1.54) is 21.3 Å². The highest BCUT2D eigenvalue weighted by molar-refractivity contribution is 5.77. The van der Waals surface area contributed by atoms with E-state index in [0.717, 1.165) is 5.69 Å². The van der Waals surface area contributed by atoms with Crippen LogP contribution in [0.25, 0.3) is 11.2 Å². The normalized spacial score (nSPS) is 16.8. The number of anilines is 2. The third-order valence-electron chi connectivity index (χ3n) is 5.13. The first-order chi connectivity index (χ1) is 13.3. The van der Waals surface area contributed by atoms with Crippen molar-refractivity contribution in [2.45, 2.75) is 33.9 Å². The summed E-state index contributed by atoms with van der Waals surface area (Å²) in [5.74, 6) is 0.724. The smallest absolute Gasteiger partial charge is 0.312 e. The highest BCUT2D eigenvalue weighted by Gasteiger charge is 2.29. The lowest BCUT2D eigenvalue weighted by Crippen LogP contribution is -2.41. The Morgan fingerprint density at radius 1 is 1.18 bits per heavy atom. The zero-order valence-electron chi connectivity index (χ0n) is 16.5. The van der Waals surface area contributed by atoms with Crippen LogP contribution >= 0.6 is 0 Å². The molecule has 0 radical (unpaired) electrons. The van der Waals surface area contributed by atoms with Crippen molar-refractivity contribution in [2.24, 2.45) is 18.9 Å². The number of hydrogen-bond acceptors (Lipinski definition) is 4. The maximum atomic E-state index is 13.4. The van der Waals surface area contributed by atoms with Crippen molar-refractivity contribution >= 4 is 22.8 Å². The molecule has 7 nitrogen and oxygen atoms in total. The molecule has 0 aliphatic carbocycles. The molecule has 2 aromatic heterocycles. The molecule has 1 aliphatic rings. The van der Waals surface area contributed by atoms with E-state index in [1.54, 1.807) is 19.2 Å². The van der Waals surface area contributed by atoms with E-state index >= 15 is 0 Å². The van der Waals surface area contributed by atoms with Crippen LogP contribution < -0.4 is 16.1 Å². The fourth-order valence-corrected chi connectivity index (χ4v) is 3.87. The average Bonchev–Trinajstić information content (AvgIpc) is 3.03. The van der Waals surface area contributed by atoms with Gasteiger partial charge in [0.25, 0.3) is 5.56 Å². The Labute approximate surface area is 161 Å². The van der Waals surface area contributed by atoms with Crippen LogP contribution in [0.5, 0.6) is 0 Å². The molecular weight excluding hydrogens is 361 g/mol. The van der Waals surface area contributed by atoms with Gasteiger partial charge in [0.05, 0.1) is 0 Å². The van der Waals surface area contributed by atoms with Gasteiger partial charge in [-0.2, -0.15) is 4.98 Å². The first-order valence-electron chi connectivity index (χ1n) is 9.51. The molecule has 0 fully saturated rings.